The van der Waals surface area contributed by atoms with Gasteiger partial charge < -0.3 is 5.32 Å². The van der Waals surface area contributed by atoms with Gasteiger partial charge in [0.1, 0.15) is 0 Å². The maximum Gasteiger partial charge on any atom is 0.228 e. The second-order valence-corrected chi connectivity index (χ2v) is 4.06. The van der Waals surface area contributed by atoms with Gasteiger partial charge in [0.05, 0.1) is 6.42 Å². The van der Waals surface area contributed by atoms with Gasteiger partial charge in [0.2, 0.25) is 5.91 Å². The van der Waals surface area contributed by atoms with Crippen LogP contribution in [0.4, 0.5) is 0 Å². The quantitative estimate of drug-likeness (QED) is 0.870. The van der Waals surface area contributed by atoms with Crippen molar-refractivity contribution < 1.29 is 4.79 Å². The van der Waals surface area contributed by atoms with Gasteiger partial charge in [-0.15, -0.1) is 0 Å². The van der Waals surface area contributed by atoms with Crippen LogP contribution in [0.5, 0.6) is 0 Å². The molecule has 0 aromatic heterocycles. The molecule has 2 aromatic carbocycles. The normalized spacial score (nSPS) is 9.78. The van der Waals surface area contributed by atoms with Crippen molar-refractivity contribution in [3.05, 3.63) is 78.4 Å². The summed E-state index contributed by atoms with van der Waals surface area (Å²) in [6.45, 7) is 3.87. The van der Waals surface area contributed by atoms with Gasteiger partial charge in [-0.25, -0.2) is 0 Å². The lowest BCUT2D eigenvalue weighted by Crippen LogP contribution is -2.23. The highest BCUT2D eigenvalue weighted by Gasteiger charge is 2.05. The molecule has 1 amide bonds. The van der Waals surface area contributed by atoms with E-state index < -0.39 is 0 Å². The Morgan fingerprint density at radius 1 is 0.944 bits per heavy atom. The lowest BCUT2D eigenvalue weighted by Gasteiger charge is -2.08. The third kappa shape index (κ3) is 3.32. The second kappa shape index (κ2) is 5.82. The summed E-state index contributed by atoms with van der Waals surface area (Å²) in [7, 11) is 0. The van der Waals surface area contributed by atoms with E-state index in [2.05, 4.69) is 11.9 Å². The maximum absolute atomic E-state index is 11.8. The van der Waals surface area contributed by atoms with Gasteiger partial charge in [-0.05, 0) is 11.1 Å². The highest BCUT2D eigenvalue weighted by atomic mass is 16.1. The zero-order chi connectivity index (χ0) is 12.8. The lowest BCUT2D eigenvalue weighted by molar-refractivity contribution is -0.119. The van der Waals surface area contributed by atoms with Crippen LogP contribution in [0.1, 0.15) is 11.1 Å². The molecule has 0 saturated carbocycles. The minimum Gasteiger partial charge on any atom is -0.326 e. The summed E-state index contributed by atoms with van der Waals surface area (Å²) in [5.74, 6) is -0.0462. The van der Waals surface area contributed by atoms with Gasteiger partial charge in [-0.3, -0.25) is 4.79 Å². The molecule has 2 heteroatoms. The van der Waals surface area contributed by atoms with E-state index in [0.29, 0.717) is 12.1 Å². The molecular formula is C16H15NO. The Kier molecular flexibility index (Phi) is 3.92. The standard InChI is InChI=1S/C16H15NO/c1-13(15-10-6-3-7-11-15)17-16(18)12-14-8-4-2-5-9-14/h2-11H,1,12H2,(H,17,18). The first-order valence-corrected chi connectivity index (χ1v) is 5.84. The first kappa shape index (κ1) is 12.1. The fraction of sp³-hybridized carbons (Fsp3) is 0.0625. The van der Waals surface area contributed by atoms with Crippen LogP contribution >= 0.6 is 0 Å². The van der Waals surface area contributed by atoms with E-state index >= 15 is 0 Å². The minimum atomic E-state index is -0.0462. The zero-order valence-corrected chi connectivity index (χ0v) is 10.1. The van der Waals surface area contributed by atoms with E-state index in [4.69, 9.17) is 0 Å². The fourth-order valence-electron chi connectivity index (χ4n) is 1.71. The summed E-state index contributed by atoms with van der Waals surface area (Å²) in [5, 5.41) is 2.81. The predicted octanol–water partition coefficient (Wildman–Crippen LogP) is 3.02. The molecule has 90 valence electrons. The molecule has 0 aliphatic rings. The van der Waals surface area contributed by atoms with Crippen LogP contribution < -0.4 is 5.32 Å². The second-order valence-electron chi connectivity index (χ2n) is 4.06. The average molecular weight is 237 g/mol. The van der Waals surface area contributed by atoms with Gasteiger partial charge in [-0.2, -0.15) is 0 Å². The van der Waals surface area contributed by atoms with Crippen LogP contribution in [0, 0.1) is 0 Å². The molecule has 0 saturated heterocycles. The van der Waals surface area contributed by atoms with E-state index in [-0.39, 0.29) is 5.91 Å². The Labute approximate surface area is 107 Å². The highest BCUT2D eigenvalue weighted by molar-refractivity contribution is 5.87. The largest absolute Gasteiger partial charge is 0.326 e. The van der Waals surface area contributed by atoms with Gasteiger partial charge in [0, 0.05) is 5.70 Å². The van der Waals surface area contributed by atoms with Gasteiger partial charge in [0.15, 0.2) is 0 Å². The van der Waals surface area contributed by atoms with Crippen molar-refractivity contribution in [3.8, 4) is 0 Å². The van der Waals surface area contributed by atoms with Crippen molar-refractivity contribution in [1.82, 2.24) is 5.32 Å². The molecule has 0 radical (unpaired) electrons. The Balaban J connectivity index is 1.94. The smallest absolute Gasteiger partial charge is 0.228 e. The first-order chi connectivity index (χ1) is 8.75. The molecule has 0 spiro atoms. The number of hydrogen-bond donors (Lipinski definition) is 1. The topological polar surface area (TPSA) is 29.1 Å². The maximum atomic E-state index is 11.8. The summed E-state index contributed by atoms with van der Waals surface area (Å²) < 4.78 is 0. The summed E-state index contributed by atoms with van der Waals surface area (Å²) in [6.07, 6.45) is 0.368. The molecule has 0 bridgehead atoms. The first-order valence-electron chi connectivity index (χ1n) is 5.84. The zero-order valence-electron chi connectivity index (χ0n) is 10.1. The Hall–Kier alpha value is -2.35. The van der Waals surface area contributed by atoms with Gasteiger partial charge in [-0.1, -0.05) is 67.2 Å². The predicted molar refractivity (Wildman–Crippen MR) is 73.8 cm³/mol. The summed E-state index contributed by atoms with van der Waals surface area (Å²) in [4.78, 5) is 11.8. The number of hydrogen-bond acceptors (Lipinski definition) is 1. The SMILES string of the molecule is C=C(NC(=O)Cc1ccccc1)c1ccccc1. The number of carbonyl (C=O) groups is 1. The van der Waals surface area contributed by atoms with Gasteiger partial charge in [0.25, 0.3) is 0 Å². The molecule has 0 fully saturated rings. The number of amides is 1. The van der Waals surface area contributed by atoms with E-state index in [1.165, 1.54) is 0 Å². The molecule has 0 aliphatic heterocycles. The van der Waals surface area contributed by atoms with Crippen molar-refractivity contribution in [2.45, 2.75) is 6.42 Å². The third-order valence-corrected chi connectivity index (χ3v) is 2.62. The minimum absolute atomic E-state index is 0.0462. The van der Waals surface area contributed by atoms with Crippen LogP contribution in [0.2, 0.25) is 0 Å². The van der Waals surface area contributed by atoms with E-state index in [1.54, 1.807) is 0 Å². The van der Waals surface area contributed by atoms with Crippen molar-refractivity contribution in [2.24, 2.45) is 0 Å². The Morgan fingerprint density at radius 3 is 2.11 bits per heavy atom. The molecule has 0 heterocycles. The molecular weight excluding hydrogens is 222 g/mol. The van der Waals surface area contributed by atoms with Crippen molar-refractivity contribution in [1.29, 1.82) is 0 Å². The van der Waals surface area contributed by atoms with Crippen LogP contribution in [-0.4, -0.2) is 5.91 Å². The fourth-order valence-corrected chi connectivity index (χ4v) is 1.71. The van der Waals surface area contributed by atoms with E-state index in [9.17, 15) is 4.79 Å². The van der Waals surface area contributed by atoms with Crippen LogP contribution in [-0.2, 0) is 11.2 Å². The Bertz CT molecular complexity index is 532. The van der Waals surface area contributed by atoms with Crippen LogP contribution in [0.15, 0.2) is 67.2 Å². The molecule has 2 aromatic rings. The van der Waals surface area contributed by atoms with E-state index in [1.807, 2.05) is 60.7 Å². The monoisotopic (exact) mass is 237 g/mol. The molecule has 2 nitrogen and oxygen atoms in total. The highest BCUT2D eigenvalue weighted by Crippen LogP contribution is 2.08. The lowest BCUT2D eigenvalue weighted by atomic mass is 10.1. The number of carbonyl (C=O) groups excluding carboxylic acids is 1. The van der Waals surface area contributed by atoms with E-state index in [0.717, 1.165) is 11.1 Å². The molecule has 1 N–H and O–H groups in total. The van der Waals surface area contributed by atoms with Crippen LogP contribution in [0.3, 0.4) is 0 Å². The summed E-state index contributed by atoms with van der Waals surface area (Å²) >= 11 is 0. The molecule has 18 heavy (non-hydrogen) atoms. The van der Waals surface area contributed by atoms with Crippen molar-refractivity contribution in [2.75, 3.05) is 0 Å². The molecule has 2 rings (SSSR count). The molecule has 0 atom stereocenters. The third-order valence-electron chi connectivity index (χ3n) is 2.62. The van der Waals surface area contributed by atoms with Crippen molar-refractivity contribution >= 4 is 11.6 Å². The molecule has 0 unspecified atom stereocenters. The van der Waals surface area contributed by atoms with Crippen molar-refractivity contribution in [3.63, 3.8) is 0 Å². The number of benzene rings is 2. The van der Waals surface area contributed by atoms with Crippen LogP contribution in [0.25, 0.3) is 5.70 Å². The number of nitrogens with one attached hydrogen (secondary N) is 1. The summed E-state index contributed by atoms with van der Waals surface area (Å²) in [5.41, 5.74) is 2.56. The average Bonchev–Trinajstić information content (AvgIpc) is 2.40. The summed E-state index contributed by atoms with van der Waals surface area (Å²) in [6, 6.07) is 19.3. The number of rotatable bonds is 4. The van der Waals surface area contributed by atoms with Gasteiger partial charge >= 0.3 is 0 Å². The molecule has 0 aliphatic carbocycles. The Morgan fingerprint density at radius 2 is 1.50 bits per heavy atom.